The number of aliphatic imine (C=N–C) groups is 1. The Hall–Kier alpha value is -2.55. The van der Waals surface area contributed by atoms with Crippen molar-refractivity contribution in [1.29, 1.82) is 0 Å². The number of hydrogen-bond acceptors (Lipinski definition) is 3. The Balaban J connectivity index is 1.43. The Labute approximate surface area is 171 Å². The zero-order chi connectivity index (χ0) is 20.9. The van der Waals surface area contributed by atoms with Gasteiger partial charge in [0.1, 0.15) is 0 Å². The maximum atomic E-state index is 12.8. The van der Waals surface area contributed by atoms with Crippen LogP contribution in [-0.2, 0) is 30.5 Å². The Morgan fingerprint density at radius 1 is 1.28 bits per heavy atom. The van der Waals surface area contributed by atoms with Crippen LogP contribution in [0.2, 0.25) is 0 Å². The summed E-state index contributed by atoms with van der Waals surface area (Å²) in [6.45, 7) is 1.98. The van der Waals surface area contributed by atoms with Crippen molar-refractivity contribution in [2.45, 2.75) is 32.1 Å². The van der Waals surface area contributed by atoms with Crippen molar-refractivity contribution in [3.8, 4) is 0 Å². The van der Waals surface area contributed by atoms with Crippen LogP contribution in [0.3, 0.4) is 0 Å². The van der Waals surface area contributed by atoms with Gasteiger partial charge in [0.15, 0.2) is 5.96 Å². The van der Waals surface area contributed by atoms with Crippen LogP contribution in [0.5, 0.6) is 0 Å². The number of amides is 1. The van der Waals surface area contributed by atoms with Gasteiger partial charge >= 0.3 is 6.18 Å². The first-order chi connectivity index (χ1) is 13.9. The van der Waals surface area contributed by atoms with Gasteiger partial charge in [-0.3, -0.25) is 9.79 Å². The Kier molecular flexibility index (Phi) is 6.79. The van der Waals surface area contributed by atoms with E-state index < -0.39 is 11.7 Å². The molecule has 0 radical (unpaired) electrons. The van der Waals surface area contributed by atoms with E-state index in [-0.39, 0.29) is 12.5 Å². The number of carbonyl (C=O) groups is 1. The van der Waals surface area contributed by atoms with Crippen molar-refractivity contribution >= 4 is 23.2 Å². The number of thiophene rings is 1. The standard InChI is InChI=1S/C20H23F3N4OS/c1-24-19(26-12-14-3-2-4-16(11-14)20(21,22)23)25-8-5-18(28)27-9-6-17-15(13-27)7-10-29-17/h2-4,7,10-11H,5-6,8-9,12-13H2,1H3,(H2,24,25,26). The van der Waals surface area contributed by atoms with Gasteiger partial charge in [0.25, 0.3) is 0 Å². The second-order valence-corrected chi connectivity index (χ2v) is 7.74. The third-order valence-electron chi connectivity index (χ3n) is 4.73. The first-order valence-electron chi connectivity index (χ1n) is 9.30. The first kappa shape index (κ1) is 21.2. The molecule has 2 N–H and O–H groups in total. The molecule has 2 aromatic rings. The van der Waals surface area contributed by atoms with Gasteiger partial charge in [0.2, 0.25) is 5.91 Å². The molecule has 29 heavy (non-hydrogen) atoms. The quantitative estimate of drug-likeness (QED) is 0.571. The van der Waals surface area contributed by atoms with Gasteiger partial charge in [-0.15, -0.1) is 11.3 Å². The molecule has 1 amide bonds. The van der Waals surface area contributed by atoms with Crippen LogP contribution in [0.25, 0.3) is 0 Å². The van der Waals surface area contributed by atoms with E-state index in [1.807, 2.05) is 4.90 Å². The summed E-state index contributed by atoms with van der Waals surface area (Å²) in [7, 11) is 1.58. The van der Waals surface area contributed by atoms with Crippen molar-refractivity contribution < 1.29 is 18.0 Å². The lowest BCUT2D eigenvalue weighted by Crippen LogP contribution is -2.40. The maximum absolute atomic E-state index is 12.8. The average molecular weight is 424 g/mol. The Bertz CT molecular complexity index is 879. The highest BCUT2D eigenvalue weighted by molar-refractivity contribution is 7.10. The van der Waals surface area contributed by atoms with Crippen molar-refractivity contribution in [2.75, 3.05) is 20.1 Å². The molecule has 0 saturated heterocycles. The number of hydrogen-bond donors (Lipinski definition) is 2. The fourth-order valence-electron chi connectivity index (χ4n) is 3.17. The molecular weight excluding hydrogens is 401 g/mol. The number of guanidine groups is 1. The van der Waals surface area contributed by atoms with E-state index in [0.29, 0.717) is 31.0 Å². The van der Waals surface area contributed by atoms with Crippen LogP contribution in [0, 0.1) is 0 Å². The summed E-state index contributed by atoms with van der Waals surface area (Å²) in [4.78, 5) is 19.7. The fraction of sp³-hybridized carbons (Fsp3) is 0.400. The minimum Gasteiger partial charge on any atom is -0.356 e. The normalized spacial score (nSPS) is 14.5. The number of nitrogens with one attached hydrogen (secondary N) is 2. The number of carbonyl (C=O) groups excluding carboxylic acids is 1. The summed E-state index contributed by atoms with van der Waals surface area (Å²) in [5.74, 6) is 0.511. The molecule has 2 heterocycles. The smallest absolute Gasteiger partial charge is 0.356 e. The van der Waals surface area contributed by atoms with Crippen molar-refractivity contribution in [1.82, 2.24) is 15.5 Å². The molecule has 0 fully saturated rings. The van der Waals surface area contributed by atoms with E-state index in [9.17, 15) is 18.0 Å². The molecule has 1 aliphatic heterocycles. The minimum absolute atomic E-state index is 0.0719. The van der Waals surface area contributed by atoms with Crippen molar-refractivity contribution in [2.24, 2.45) is 4.99 Å². The minimum atomic E-state index is -4.37. The zero-order valence-corrected chi connectivity index (χ0v) is 16.9. The number of benzene rings is 1. The van der Waals surface area contributed by atoms with Crippen LogP contribution in [0.4, 0.5) is 13.2 Å². The second kappa shape index (κ2) is 9.30. The molecule has 5 nitrogen and oxygen atoms in total. The highest BCUT2D eigenvalue weighted by Crippen LogP contribution is 2.29. The molecule has 156 valence electrons. The molecule has 1 aromatic carbocycles. The average Bonchev–Trinajstić information content (AvgIpc) is 3.17. The first-order valence-corrected chi connectivity index (χ1v) is 10.2. The maximum Gasteiger partial charge on any atom is 0.416 e. The molecule has 0 unspecified atom stereocenters. The van der Waals surface area contributed by atoms with Gasteiger partial charge in [-0.2, -0.15) is 13.2 Å². The summed E-state index contributed by atoms with van der Waals surface area (Å²) in [5, 5.41) is 8.07. The Morgan fingerprint density at radius 3 is 2.86 bits per heavy atom. The fourth-order valence-corrected chi connectivity index (χ4v) is 4.06. The summed E-state index contributed by atoms with van der Waals surface area (Å²) in [6, 6.07) is 7.22. The van der Waals surface area contributed by atoms with Gasteiger partial charge in [-0.1, -0.05) is 12.1 Å². The predicted octanol–water partition coefficient (Wildman–Crippen LogP) is 3.41. The lowest BCUT2D eigenvalue weighted by molar-refractivity contribution is -0.137. The van der Waals surface area contributed by atoms with Crippen LogP contribution < -0.4 is 10.6 Å². The van der Waals surface area contributed by atoms with Crippen LogP contribution in [-0.4, -0.2) is 36.9 Å². The lowest BCUT2D eigenvalue weighted by atomic mass is 10.1. The van der Waals surface area contributed by atoms with Crippen LogP contribution in [0.15, 0.2) is 40.7 Å². The number of nitrogens with zero attached hydrogens (tertiary/aromatic N) is 2. The third kappa shape index (κ3) is 5.72. The topological polar surface area (TPSA) is 56.7 Å². The Morgan fingerprint density at radius 2 is 2.10 bits per heavy atom. The lowest BCUT2D eigenvalue weighted by Gasteiger charge is -2.27. The van der Waals surface area contributed by atoms with Crippen molar-refractivity contribution in [3.05, 3.63) is 57.3 Å². The summed E-state index contributed by atoms with van der Waals surface area (Å²) >= 11 is 1.73. The second-order valence-electron chi connectivity index (χ2n) is 6.73. The van der Waals surface area contributed by atoms with Gasteiger partial charge in [-0.25, -0.2) is 0 Å². The SMILES string of the molecule is CN=C(NCCC(=O)N1CCc2sccc2C1)NCc1cccc(C(F)(F)F)c1. The molecule has 0 spiro atoms. The largest absolute Gasteiger partial charge is 0.416 e. The van der Waals surface area contributed by atoms with Gasteiger partial charge in [0, 0.05) is 44.5 Å². The molecule has 1 aromatic heterocycles. The molecular formula is C20H23F3N4OS. The molecule has 0 atom stereocenters. The van der Waals surface area contributed by atoms with Gasteiger partial charge in [-0.05, 0) is 41.1 Å². The highest BCUT2D eigenvalue weighted by Gasteiger charge is 2.30. The third-order valence-corrected chi connectivity index (χ3v) is 5.75. The summed E-state index contributed by atoms with van der Waals surface area (Å²) in [6.07, 6.45) is -3.15. The van der Waals surface area contributed by atoms with Crippen molar-refractivity contribution in [3.63, 3.8) is 0 Å². The van der Waals surface area contributed by atoms with E-state index in [1.54, 1.807) is 24.5 Å². The number of alkyl halides is 3. The van der Waals surface area contributed by atoms with E-state index in [4.69, 9.17) is 0 Å². The summed E-state index contributed by atoms with van der Waals surface area (Å²) in [5.41, 5.74) is 1.04. The number of halogens is 3. The molecule has 3 rings (SSSR count). The highest BCUT2D eigenvalue weighted by atomic mass is 32.1. The van der Waals surface area contributed by atoms with E-state index in [1.165, 1.54) is 16.5 Å². The molecule has 0 saturated carbocycles. The van der Waals surface area contributed by atoms with E-state index in [2.05, 4.69) is 27.1 Å². The molecule has 9 heteroatoms. The molecule has 0 bridgehead atoms. The number of rotatable bonds is 5. The summed E-state index contributed by atoms with van der Waals surface area (Å²) < 4.78 is 38.4. The van der Waals surface area contributed by atoms with Crippen LogP contribution >= 0.6 is 11.3 Å². The number of fused-ring (bicyclic) bond motifs is 1. The van der Waals surface area contributed by atoms with Gasteiger partial charge < -0.3 is 15.5 Å². The van der Waals surface area contributed by atoms with Gasteiger partial charge in [0.05, 0.1) is 5.56 Å². The zero-order valence-electron chi connectivity index (χ0n) is 16.1. The van der Waals surface area contributed by atoms with E-state index in [0.717, 1.165) is 25.1 Å². The van der Waals surface area contributed by atoms with E-state index >= 15 is 0 Å². The van der Waals surface area contributed by atoms with Crippen LogP contribution in [0.1, 0.15) is 28.0 Å². The molecule has 0 aliphatic carbocycles. The molecule has 1 aliphatic rings. The predicted molar refractivity (Wildman–Crippen MR) is 108 cm³/mol. The monoisotopic (exact) mass is 424 g/mol.